The van der Waals surface area contributed by atoms with Gasteiger partial charge in [0, 0.05) is 5.54 Å². The lowest BCUT2D eigenvalue weighted by atomic mass is 10.1. The first-order chi connectivity index (χ1) is 6.55. The van der Waals surface area contributed by atoms with Gasteiger partial charge in [-0.2, -0.15) is 0 Å². The first kappa shape index (κ1) is 11.3. The smallest absolute Gasteiger partial charge is 0.137 e. The Morgan fingerprint density at radius 3 is 2.57 bits per heavy atom. The monoisotopic (exact) mass is 213 g/mol. The Labute approximate surface area is 90.2 Å². The summed E-state index contributed by atoms with van der Waals surface area (Å²) in [5, 5.41) is 3.82. The summed E-state index contributed by atoms with van der Waals surface area (Å²) in [4.78, 5) is 0. The van der Waals surface area contributed by atoms with Crippen molar-refractivity contribution >= 4 is 11.6 Å². The molecule has 0 saturated heterocycles. The van der Waals surface area contributed by atoms with Crippen molar-refractivity contribution in [3.05, 3.63) is 29.3 Å². The van der Waals surface area contributed by atoms with Crippen molar-refractivity contribution in [2.75, 3.05) is 13.7 Å². The van der Waals surface area contributed by atoms with E-state index in [4.69, 9.17) is 16.3 Å². The fourth-order valence-electron chi connectivity index (χ4n) is 0.892. The van der Waals surface area contributed by atoms with Gasteiger partial charge in [0.25, 0.3) is 0 Å². The number of halogens is 1. The lowest BCUT2D eigenvalue weighted by Gasteiger charge is -2.24. The van der Waals surface area contributed by atoms with Gasteiger partial charge in [0.2, 0.25) is 0 Å². The minimum Gasteiger partial charge on any atom is -0.490 e. The van der Waals surface area contributed by atoms with Gasteiger partial charge < -0.3 is 10.1 Å². The molecule has 0 spiro atoms. The van der Waals surface area contributed by atoms with Crippen molar-refractivity contribution in [3.8, 4) is 5.75 Å². The fraction of sp³-hybridized carbons (Fsp3) is 0.455. The molecule has 1 aromatic rings. The molecule has 1 aromatic carbocycles. The summed E-state index contributed by atoms with van der Waals surface area (Å²) in [6, 6.07) is 7.49. The van der Waals surface area contributed by atoms with E-state index in [0.717, 1.165) is 5.75 Å². The molecule has 2 nitrogen and oxygen atoms in total. The third-order valence-corrected chi connectivity index (χ3v) is 2.41. The number of benzene rings is 1. The first-order valence-corrected chi connectivity index (χ1v) is 4.99. The van der Waals surface area contributed by atoms with Crippen LogP contribution in [-0.4, -0.2) is 19.2 Å². The third-order valence-electron chi connectivity index (χ3n) is 2.10. The second kappa shape index (κ2) is 4.67. The van der Waals surface area contributed by atoms with Crippen LogP contribution in [0, 0.1) is 0 Å². The summed E-state index contributed by atoms with van der Waals surface area (Å²) in [5.74, 6) is 0.734. The molecule has 1 N–H and O–H groups in total. The molecule has 3 heteroatoms. The van der Waals surface area contributed by atoms with Gasteiger partial charge >= 0.3 is 0 Å². The predicted octanol–water partition coefficient (Wildman–Crippen LogP) is 2.72. The molecule has 14 heavy (non-hydrogen) atoms. The number of likely N-dealkylation sites (N-methyl/N-ethyl adjacent to an activating group) is 1. The van der Waals surface area contributed by atoms with Crippen molar-refractivity contribution in [2.24, 2.45) is 0 Å². The van der Waals surface area contributed by atoms with E-state index in [2.05, 4.69) is 19.2 Å². The van der Waals surface area contributed by atoms with Crippen LogP contribution in [0.5, 0.6) is 5.75 Å². The molecule has 78 valence electrons. The first-order valence-electron chi connectivity index (χ1n) is 4.61. The molecule has 0 aliphatic carbocycles. The van der Waals surface area contributed by atoms with Gasteiger partial charge in [-0.1, -0.05) is 23.7 Å². The van der Waals surface area contributed by atoms with Crippen molar-refractivity contribution in [1.29, 1.82) is 0 Å². The van der Waals surface area contributed by atoms with E-state index < -0.39 is 0 Å². The number of hydrogen-bond acceptors (Lipinski definition) is 2. The largest absolute Gasteiger partial charge is 0.490 e. The molecule has 0 radical (unpaired) electrons. The minimum absolute atomic E-state index is 0.0425. The van der Waals surface area contributed by atoms with E-state index >= 15 is 0 Å². The molecule has 0 aromatic heterocycles. The second-order valence-electron chi connectivity index (χ2n) is 3.85. The van der Waals surface area contributed by atoms with Crippen molar-refractivity contribution < 1.29 is 4.74 Å². The molecule has 0 aliphatic rings. The van der Waals surface area contributed by atoms with E-state index in [-0.39, 0.29) is 5.54 Å². The normalized spacial score (nSPS) is 11.4. The van der Waals surface area contributed by atoms with Crippen LogP contribution >= 0.6 is 11.6 Å². The van der Waals surface area contributed by atoms with Gasteiger partial charge in [-0.05, 0) is 33.0 Å². The Hall–Kier alpha value is -0.730. The number of ether oxygens (including phenoxy) is 1. The highest BCUT2D eigenvalue weighted by Gasteiger charge is 2.15. The zero-order valence-corrected chi connectivity index (χ0v) is 9.56. The van der Waals surface area contributed by atoms with Crippen LogP contribution in [0.25, 0.3) is 0 Å². The summed E-state index contributed by atoms with van der Waals surface area (Å²) in [6.07, 6.45) is 0. The van der Waals surface area contributed by atoms with E-state index in [9.17, 15) is 0 Å². The number of hydrogen-bond donors (Lipinski definition) is 1. The quantitative estimate of drug-likeness (QED) is 0.831. The van der Waals surface area contributed by atoms with Crippen molar-refractivity contribution in [1.82, 2.24) is 5.32 Å². The summed E-state index contributed by atoms with van der Waals surface area (Å²) in [6.45, 7) is 4.74. The fourth-order valence-corrected chi connectivity index (χ4v) is 1.08. The maximum atomic E-state index is 5.95. The Morgan fingerprint density at radius 1 is 1.36 bits per heavy atom. The van der Waals surface area contributed by atoms with Crippen LogP contribution in [0.4, 0.5) is 0 Å². The summed E-state index contributed by atoms with van der Waals surface area (Å²) >= 11 is 5.95. The predicted molar refractivity (Wildman–Crippen MR) is 60.1 cm³/mol. The van der Waals surface area contributed by atoms with Gasteiger partial charge in [0.05, 0.1) is 5.02 Å². The lowest BCUT2D eigenvalue weighted by Crippen LogP contribution is -2.42. The van der Waals surface area contributed by atoms with Crippen molar-refractivity contribution in [2.45, 2.75) is 19.4 Å². The zero-order valence-electron chi connectivity index (χ0n) is 8.80. The Morgan fingerprint density at radius 2 is 2.00 bits per heavy atom. The summed E-state index contributed by atoms with van der Waals surface area (Å²) in [5.41, 5.74) is -0.0425. The van der Waals surface area contributed by atoms with Crippen LogP contribution in [0.1, 0.15) is 13.8 Å². The van der Waals surface area contributed by atoms with Gasteiger partial charge in [0.15, 0.2) is 0 Å². The van der Waals surface area contributed by atoms with E-state index in [1.54, 1.807) is 0 Å². The topological polar surface area (TPSA) is 21.3 Å². The van der Waals surface area contributed by atoms with E-state index in [1.807, 2.05) is 31.3 Å². The molecule has 0 aliphatic heterocycles. The van der Waals surface area contributed by atoms with E-state index in [1.165, 1.54) is 0 Å². The number of rotatable bonds is 4. The molecular weight excluding hydrogens is 198 g/mol. The molecule has 0 unspecified atom stereocenters. The van der Waals surface area contributed by atoms with E-state index in [0.29, 0.717) is 11.6 Å². The van der Waals surface area contributed by atoms with Gasteiger partial charge in [0.1, 0.15) is 12.4 Å². The molecule has 0 atom stereocenters. The van der Waals surface area contributed by atoms with Crippen LogP contribution < -0.4 is 10.1 Å². The van der Waals surface area contributed by atoms with Gasteiger partial charge in [-0.3, -0.25) is 0 Å². The number of nitrogens with one attached hydrogen (secondary N) is 1. The molecule has 0 heterocycles. The van der Waals surface area contributed by atoms with Crippen LogP contribution in [0.3, 0.4) is 0 Å². The lowest BCUT2D eigenvalue weighted by molar-refractivity contribution is 0.217. The minimum atomic E-state index is -0.0425. The molecule has 0 fully saturated rings. The molecule has 0 bridgehead atoms. The zero-order chi connectivity index (χ0) is 10.6. The number of para-hydroxylation sites is 1. The maximum Gasteiger partial charge on any atom is 0.137 e. The van der Waals surface area contributed by atoms with Gasteiger partial charge in [-0.15, -0.1) is 0 Å². The van der Waals surface area contributed by atoms with Crippen LogP contribution in [-0.2, 0) is 0 Å². The van der Waals surface area contributed by atoms with Crippen LogP contribution in [0.15, 0.2) is 24.3 Å². The SMILES string of the molecule is CNC(C)(C)COc1ccccc1Cl. The van der Waals surface area contributed by atoms with Crippen LogP contribution in [0.2, 0.25) is 5.02 Å². The Bertz CT molecular complexity index is 299. The third kappa shape index (κ3) is 3.20. The molecule has 0 saturated carbocycles. The second-order valence-corrected chi connectivity index (χ2v) is 4.26. The Balaban J connectivity index is 2.58. The average Bonchev–Trinajstić information content (AvgIpc) is 2.17. The average molecular weight is 214 g/mol. The maximum absolute atomic E-state index is 5.95. The molecular formula is C11H16ClNO. The molecule has 1 rings (SSSR count). The standard InChI is InChI=1S/C11H16ClNO/c1-11(2,13-3)8-14-10-7-5-4-6-9(10)12/h4-7,13H,8H2,1-3H3. The van der Waals surface area contributed by atoms with Crippen molar-refractivity contribution in [3.63, 3.8) is 0 Å². The van der Waals surface area contributed by atoms with Gasteiger partial charge in [-0.25, -0.2) is 0 Å². The highest BCUT2D eigenvalue weighted by Crippen LogP contribution is 2.23. The highest BCUT2D eigenvalue weighted by atomic mass is 35.5. The summed E-state index contributed by atoms with van der Waals surface area (Å²) < 4.78 is 5.60. The Kier molecular flexibility index (Phi) is 3.78. The highest BCUT2D eigenvalue weighted by molar-refractivity contribution is 6.32. The molecule has 0 amide bonds. The summed E-state index contributed by atoms with van der Waals surface area (Å²) in [7, 11) is 1.91.